The number of hydrogen-bond acceptors (Lipinski definition) is 6. The zero-order chi connectivity index (χ0) is 16.6. The number of benzene rings is 1. The number of phenols is 2. The molecule has 8 nitrogen and oxygen atoms in total. The van der Waals surface area contributed by atoms with E-state index in [-0.39, 0.29) is 16.5 Å². The van der Waals surface area contributed by atoms with E-state index in [2.05, 4.69) is 20.4 Å². The second-order valence-corrected chi connectivity index (χ2v) is 5.34. The van der Waals surface area contributed by atoms with Gasteiger partial charge in [-0.3, -0.25) is 0 Å². The first-order valence-corrected chi connectivity index (χ1v) is 7.03. The summed E-state index contributed by atoms with van der Waals surface area (Å²) in [5.74, 6) is -0.251. The zero-order valence-corrected chi connectivity index (χ0v) is 13.1. The standard InChI is InChI=1S/C14H13ClN6O2/c1-8-3-9(2)21(19-8)14-18-16-7-20(14)17-6-10-4-11(15)13(23)12(22)5-10/h3-7,22-23H,1-2H3/b17-6+. The van der Waals surface area contributed by atoms with E-state index in [4.69, 9.17) is 11.6 Å². The molecule has 0 unspecified atom stereocenters. The molecular formula is C14H13ClN6O2. The lowest BCUT2D eigenvalue weighted by molar-refractivity contribution is 0.404. The summed E-state index contributed by atoms with van der Waals surface area (Å²) in [5, 5.41) is 35.5. The van der Waals surface area contributed by atoms with Crippen molar-refractivity contribution in [3.8, 4) is 17.4 Å². The summed E-state index contributed by atoms with van der Waals surface area (Å²) >= 11 is 5.81. The number of phenolic OH excluding ortho intramolecular Hbond substituents is 2. The second-order valence-electron chi connectivity index (χ2n) is 4.93. The summed E-state index contributed by atoms with van der Waals surface area (Å²) < 4.78 is 3.07. The Labute approximate surface area is 136 Å². The summed E-state index contributed by atoms with van der Waals surface area (Å²) in [4.78, 5) is 0. The SMILES string of the molecule is Cc1cc(C)n(-c2nncn2/N=C/c2cc(O)c(O)c(Cl)c2)n1. The van der Waals surface area contributed by atoms with E-state index >= 15 is 0 Å². The summed E-state index contributed by atoms with van der Waals surface area (Å²) in [5.41, 5.74) is 2.27. The number of aryl methyl sites for hydroxylation is 2. The van der Waals surface area contributed by atoms with Gasteiger partial charge in [-0.05, 0) is 37.6 Å². The van der Waals surface area contributed by atoms with E-state index in [1.807, 2.05) is 19.9 Å². The molecule has 0 spiro atoms. The van der Waals surface area contributed by atoms with Crippen LogP contribution in [0.3, 0.4) is 0 Å². The Kier molecular flexibility index (Phi) is 3.75. The van der Waals surface area contributed by atoms with Gasteiger partial charge < -0.3 is 10.2 Å². The van der Waals surface area contributed by atoms with Gasteiger partial charge >= 0.3 is 0 Å². The lowest BCUT2D eigenvalue weighted by Crippen LogP contribution is -2.06. The third-order valence-electron chi connectivity index (χ3n) is 3.11. The number of aromatic hydroxyl groups is 2. The van der Waals surface area contributed by atoms with Crippen molar-refractivity contribution in [1.29, 1.82) is 0 Å². The van der Waals surface area contributed by atoms with E-state index in [0.717, 1.165) is 11.4 Å². The molecule has 2 N–H and O–H groups in total. The number of nitrogens with zero attached hydrogens (tertiary/aromatic N) is 6. The Morgan fingerprint density at radius 1 is 1.22 bits per heavy atom. The van der Waals surface area contributed by atoms with Crippen molar-refractivity contribution in [2.45, 2.75) is 13.8 Å². The fourth-order valence-electron chi connectivity index (χ4n) is 2.08. The van der Waals surface area contributed by atoms with Crippen molar-refractivity contribution in [3.63, 3.8) is 0 Å². The van der Waals surface area contributed by atoms with Gasteiger partial charge in [0.05, 0.1) is 16.9 Å². The quantitative estimate of drug-likeness (QED) is 0.564. The lowest BCUT2D eigenvalue weighted by Gasteiger charge is -2.03. The Balaban J connectivity index is 1.96. The number of halogens is 1. The largest absolute Gasteiger partial charge is 0.504 e. The normalized spacial score (nSPS) is 11.4. The van der Waals surface area contributed by atoms with Gasteiger partial charge in [0.1, 0.15) is 6.33 Å². The molecule has 0 bridgehead atoms. The number of aromatic nitrogens is 5. The molecule has 0 amide bonds. The molecule has 0 aliphatic rings. The molecule has 0 saturated heterocycles. The van der Waals surface area contributed by atoms with Gasteiger partial charge in [0.25, 0.3) is 5.95 Å². The molecule has 9 heteroatoms. The Morgan fingerprint density at radius 3 is 2.65 bits per heavy atom. The maximum absolute atomic E-state index is 9.57. The molecule has 118 valence electrons. The highest BCUT2D eigenvalue weighted by molar-refractivity contribution is 6.32. The van der Waals surface area contributed by atoms with Crippen LogP contribution in [0.25, 0.3) is 5.95 Å². The third-order valence-corrected chi connectivity index (χ3v) is 3.40. The summed E-state index contributed by atoms with van der Waals surface area (Å²) in [7, 11) is 0. The molecule has 2 aromatic heterocycles. The molecule has 0 aliphatic carbocycles. The van der Waals surface area contributed by atoms with Crippen molar-refractivity contribution in [1.82, 2.24) is 24.7 Å². The Morgan fingerprint density at radius 2 is 2.00 bits per heavy atom. The van der Waals surface area contributed by atoms with Crippen LogP contribution in [0.5, 0.6) is 11.5 Å². The molecule has 0 radical (unpaired) electrons. The van der Waals surface area contributed by atoms with E-state index < -0.39 is 0 Å². The van der Waals surface area contributed by atoms with Crippen LogP contribution in [0.4, 0.5) is 0 Å². The lowest BCUT2D eigenvalue weighted by atomic mass is 10.2. The molecule has 3 aromatic rings. The fraction of sp³-hybridized carbons (Fsp3) is 0.143. The Bertz CT molecular complexity index is 876. The van der Waals surface area contributed by atoms with E-state index in [9.17, 15) is 10.2 Å². The van der Waals surface area contributed by atoms with Crippen molar-refractivity contribution in [2.75, 3.05) is 0 Å². The van der Waals surface area contributed by atoms with E-state index in [1.54, 1.807) is 4.68 Å². The molecule has 0 aliphatic heterocycles. The van der Waals surface area contributed by atoms with Crippen LogP contribution in [-0.2, 0) is 0 Å². The summed E-state index contributed by atoms with van der Waals surface area (Å²) in [6.45, 7) is 3.79. The van der Waals surface area contributed by atoms with Crippen LogP contribution in [0.1, 0.15) is 17.0 Å². The van der Waals surface area contributed by atoms with Crippen molar-refractivity contribution in [3.05, 3.63) is 46.5 Å². The van der Waals surface area contributed by atoms with Gasteiger partial charge in [-0.1, -0.05) is 11.6 Å². The molecular weight excluding hydrogens is 320 g/mol. The van der Waals surface area contributed by atoms with Gasteiger partial charge in [-0.15, -0.1) is 10.2 Å². The Hall–Kier alpha value is -2.87. The first-order valence-electron chi connectivity index (χ1n) is 6.65. The molecule has 0 atom stereocenters. The average Bonchev–Trinajstić information content (AvgIpc) is 3.08. The first kappa shape index (κ1) is 15.0. The number of hydrogen-bond donors (Lipinski definition) is 2. The molecule has 0 fully saturated rings. The van der Waals surface area contributed by atoms with Gasteiger partial charge in [-0.25, -0.2) is 4.68 Å². The molecule has 3 rings (SSSR count). The highest BCUT2D eigenvalue weighted by Gasteiger charge is 2.11. The minimum atomic E-state index is -0.364. The van der Waals surface area contributed by atoms with E-state index in [0.29, 0.717) is 11.5 Å². The zero-order valence-electron chi connectivity index (χ0n) is 12.3. The molecule has 0 saturated carbocycles. The van der Waals surface area contributed by atoms with Gasteiger partial charge in [0.2, 0.25) is 0 Å². The smallest absolute Gasteiger partial charge is 0.273 e. The third kappa shape index (κ3) is 2.88. The average molecular weight is 333 g/mol. The number of rotatable bonds is 3. The van der Waals surface area contributed by atoms with Gasteiger partial charge in [0.15, 0.2) is 11.5 Å². The molecule has 1 aromatic carbocycles. The van der Waals surface area contributed by atoms with Gasteiger partial charge in [0, 0.05) is 5.69 Å². The van der Waals surface area contributed by atoms with Crippen LogP contribution in [0.2, 0.25) is 5.02 Å². The maximum atomic E-state index is 9.57. The summed E-state index contributed by atoms with van der Waals surface area (Å²) in [6, 6.07) is 4.74. The van der Waals surface area contributed by atoms with Crippen LogP contribution < -0.4 is 0 Å². The topological polar surface area (TPSA) is 101 Å². The van der Waals surface area contributed by atoms with Crippen molar-refractivity contribution >= 4 is 17.8 Å². The van der Waals surface area contributed by atoms with Crippen LogP contribution in [-0.4, -0.2) is 41.1 Å². The molecule has 2 heterocycles. The van der Waals surface area contributed by atoms with Crippen molar-refractivity contribution in [2.24, 2.45) is 5.10 Å². The van der Waals surface area contributed by atoms with Crippen LogP contribution in [0, 0.1) is 13.8 Å². The predicted octanol–water partition coefficient (Wildman–Crippen LogP) is 2.03. The first-order chi connectivity index (χ1) is 11.0. The van der Waals surface area contributed by atoms with Crippen molar-refractivity contribution < 1.29 is 10.2 Å². The van der Waals surface area contributed by atoms with Gasteiger partial charge in [-0.2, -0.15) is 14.9 Å². The minimum Gasteiger partial charge on any atom is -0.504 e. The predicted molar refractivity (Wildman–Crippen MR) is 84.4 cm³/mol. The van der Waals surface area contributed by atoms with Crippen LogP contribution in [0.15, 0.2) is 29.6 Å². The fourth-order valence-corrected chi connectivity index (χ4v) is 2.31. The molecule has 23 heavy (non-hydrogen) atoms. The highest BCUT2D eigenvalue weighted by Crippen LogP contribution is 2.33. The summed E-state index contributed by atoms with van der Waals surface area (Å²) in [6.07, 6.45) is 2.90. The minimum absolute atomic E-state index is 0.0361. The van der Waals surface area contributed by atoms with E-state index in [1.165, 1.54) is 29.4 Å². The maximum Gasteiger partial charge on any atom is 0.273 e. The van der Waals surface area contributed by atoms with Crippen LogP contribution >= 0.6 is 11.6 Å². The monoisotopic (exact) mass is 332 g/mol. The second kappa shape index (κ2) is 5.73. The highest BCUT2D eigenvalue weighted by atomic mass is 35.5.